The van der Waals surface area contributed by atoms with Crippen LogP contribution < -0.4 is 10.5 Å². The summed E-state index contributed by atoms with van der Waals surface area (Å²) in [5.41, 5.74) is 4.75. The highest BCUT2D eigenvalue weighted by atomic mass is 35.5. The van der Waals surface area contributed by atoms with Crippen LogP contribution in [0.5, 0.6) is 0 Å². The summed E-state index contributed by atoms with van der Waals surface area (Å²) in [5.74, 6) is 0. The highest BCUT2D eigenvalue weighted by molar-refractivity contribution is 6.34. The number of halogens is 1. The van der Waals surface area contributed by atoms with Crippen molar-refractivity contribution in [2.45, 2.75) is 24.7 Å². The lowest BCUT2D eigenvalue weighted by Gasteiger charge is -2.42. The maximum absolute atomic E-state index is 12.9. The van der Waals surface area contributed by atoms with Crippen LogP contribution in [0.25, 0.3) is 16.9 Å². The molecule has 1 aromatic carbocycles. The van der Waals surface area contributed by atoms with Gasteiger partial charge in [0.1, 0.15) is 5.02 Å². The Morgan fingerprint density at radius 2 is 1.76 bits per heavy atom. The average molecular weight is 462 g/mol. The van der Waals surface area contributed by atoms with Crippen molar-refractivity contribution in [3.63, 3.8) is 0 Å². The first-order valence-electron chi connectivity index (χ1n) is 11.3. The summed E-state index contributed by atoms with van der Waals surface area (Å²) < 4.78 is 6.94. The van der Waals surface area contributed by atoms with Crippen molar-refractivity contribution in [2.24, 2.45) is 0 Å². The fraction of sp³-hybridized carbons (Fsp3) is 0.320. The normalized spacial score (nSPS) is 17.8. The standard InChI is InChI=1S/C25H24ClN5O2/c26-22-23(29-31-21(32)16-20(28-24(22)31)17-6-10-27-11-7-17)25(8-1-9-25)18-2-4-19(5-3-18)30-12-14-33-15-13-30/h2-7,10-11,16,29H,1,8-9,12-15H2. The van der Waals surface area contributed by atoms with E-state index >= 15 is 0 Å². The molecule has 0 bridgehead atoms. The SMILES string of the molecule is O=c1cc(-c2ccncc2)nc2c(Cl)c(C3(c4ccc(N5CCOCC5)cc4)CCC3)[nH]n12. The van der Waals surface area contributed by atoms with Crippen LogP contribution >= 0.6 is 11.6 Å². The smallest absolute Gasteiger partial charge is 0.273 e. The molecule has 2 aliphatic rings. The topological polar surface area (TPSA) is 75.5 Å². The fourth-order valence-electron chi connectivity index (χ4n) is 5.02. The van der Waals surface area contributed by atoms with Crippen molar-refractivity contribution in [3.8, 4) is 11.3 Å². The van der Waals surface area contributed by atoms with E-state index < -0.39 is 0 Å². The van der Waals surface area contributed by atoms with E-state index in [1.54, 1.807) is 12.4 Å². The Morgan fingerprint density at radius 3 is 2.42 bits per heavy atom. The third-order valence-corrected chi connectivity index (χ3v) is 7.37. The van der Waals surface area contributed by atoms with E-state index in [0.29, 0.717) is 16.4 Å². The van der Waals surface area contributed by atoms with E-state index in [0.717, 1.165) is 56.8 Å². The maximum atomic E-state index is 12.9. The molecule has 1 N–H and O–H groups in total. The lowest BCUT2D eigenvalue weighted by atomic mass is 9.62. The van der Waals surface area contributed by atoms with Crippen molar-refractivity contribution in [1.82, 2.24) is 19.6 Å². The molecule has 4 heterocycles. The molecule has 168 valence electrons. The van der Waals surface area contributed by atoms with Crippen molar-refractivity contribution in [1.29, 1.82) is 0 Å². The molecule has 4 aromatic rings. The number of hydrogen-bond donors (Lipinski definition) is 1. The Hall–Kier alpha value is -3.16. The predicted octanol–water partition coefficient (Wildman–Crippen LogP) is 4.04. The second-order valence-corrected chi connectivity index (χ2v) is 9.14. The van der Waals surface area contributed by atoms with E-state index in [2.05, 4.69) is 39.2 Å². The number of benzene rings is 1. The quantitative estimate of drug-likeness (QED) is 0.496. The van der Waals surface area contributed by atoms with Crippen LogP contribution in [0.15, 0.2) is 59.7 Å². The molecule has 1 aliphatic heterocycles. The molecule has 1 aliphatic carbocycles. The molecule has 2 fully saturated rings. The summed E-state index contributed by atoms with van der Waals surface area (Å²) in [6, 6.07) is 14.0. The monoisotopic (exact) mass is 461 g/mol. The van der Waals surface area contributed by atoms with Gasteiger partial charge in [-0.1, -0.05) is 30.2 Å². The van der Waals surface area contributed by atoms with Crippen LogP contribution in [-0.4, -0.2) is 45.9 Å². The summed E-state index contributed by atoms with van der Waals surface area (Å²) in [6.07, 6.45) is 6.44. The zero-order chi connectivity index (χ0) is 22.4. The zero-order valence-corrected chi connectivity index (χ0v) is 18.9. The lowest BCUT2D eigenvalue weighted by Crippen LogP contribution is -2.37. The number of aromatic nitrogens is 4. The van der Waals surface area contributed by atoms with Crippen LogP contribution in [-0.2, 0) is 10.2 Å². The van der Waals surface area contributed by atoms with Crippen LogP contribution in [0.3, 0.4) is 0 Å². The van der Waals surface area contributed by atoms with Gasteiger partial charge in [0.15, 0.2) is 5.65 Å². The summed E-state index contributed by atoms with van der Waals surface area (Å²) in [7, 11) is 0. The number of hydrogen-bond acceptors (Lipinski definition) is 5. The lowest BCUT2D eigenvalue weighted by molar-refractivity contribution is 0.122. The van der Waals surface area contributed by atoms with E-state index in [-0.39, 0.29) is 11.0 Å². The van der Waals surface area contributed by atoms with Gasteiger partial charge in [0.2, 0.25) is 0 Å². The highest BCUT2D eigenvalue weighted by Crippen LogP contribution is 2.51. The molecule has 8 heteroatoms. The number of fused-ring (bicyclic) bond motifs is 1. The van der Waals surface area contributed by atoms with Crippen molar-refractivity contribution in [3.05, 3.63) is 81.5 Å². The summed E-state index contributed by atoms with van der Waals surface area (Å²) in [5, 5.41) is 3.81. The van der Waals surface area contributed by atoms with Crippen LogP contribution in [0.1, 0.15) is 30.5 Å². The summed E-state index contributed by atoms with van der Waals surface area (Å²) >= 11 is 6.90. The van der Waals surface area contributed by atoms with E-state index in [1.807, 2.05) is 12.1 Å². The Bertz CT molecular complexity index is 1350. The largest absolute Gasteiger partial charge is 0.378 e. The minimum Gasteiger partial charge on any atom is -0.378 e. The number of rotatable bonds is 4. The Morgan fingerprint density at radius 1 is 1.03 bits per heavy atom. The third-order valence-electron chi connectivity index (χ3n) is 7.02. The number of morpholine rings is 1. The Balaban J connectivity index is 1.41. The van der Waals surface area contributed by atoms with Crippen molar-refractivity contribution >= 4 is 22.9 Å². The van der Waals surface area contributed by atoms with Crippen LogP contribution in [0, 0.1) is 0 Å². The van der Waals surface area contributed by atoms with Gasteiger partial charge in [-0.15, -0.1) is 0 Å². The molecule has 6 rings (SSSR count). The Kier molecular flexibility index (Phi) is 4.96. The number of H-pyrrole nitrogens is 1. The van der Waals surface area contributed by atoms with E-state index in [1.165, 1.54) is 21.8 Å². The van der Waals surface area contributed by atoms with Crippen molar-refractivity contribution in [2.75, 3.05) is 31.2 Å². The molecule has 0 amide bonds. The molecular weight excluding hydrogens is 438 g/mol. The number of anilines is 1. The minimum absolute atomic E-state index is 0.183. The van der Waals surface area contributed by atoms with Crippen LogP contribution in [0.2, 0.25) is 5.02 Å². The highest BCUT2D eigenvalue weighted by Gasteiger charge is 2.44. The predicted molar refractivity (Wildman–Crippen MR) is 128 cm³/mol. The summed E-state index contributed by atoms with van der Waals surface area (Å²) in [6.45, 7) is 3.35. The molecule has 33 heavy (non-hydrogen) atoms. The second-order valence-electron chi connectivity index (χ2n) is 8.76. The number of pyridine rings is 1. The molecule has 3 aromatic heterocycles. The van der Waals surface area contributed by atoms with Gasteiger partial charge < -0.3 is 9.64 Å². The first-order chi connectivity index (χ1) is 16.2. The zero-order valence-electron chi connectivity index (χ0n) is 18.1. The van der Waals surface area contributed by atoms with Gasteiger partial charge in [0, 0.05) is 48.2 Å². The molecule has 0 spiro atoms. The van der Waals surface area contributed by atoms with Gasteiger partial charge >= 0.3 is 0 Å². The second kappa shape index (κ2) is 8.01. The maximum Gasteiger partial charge on any atom is 0.273 e. The molecular formula is C25H24ClN5O2. The van der Waals surface area contributed by atoms with E-state index in [4.69, 9.17) is 21.3 Å². The molecule has 0 atom stereocenters. The molecule has 7 nitrogen and oxygen atoms in total. The minimum atomic E-state index is -0.238. The fourth-order valence-corrected chi connectivity index (χ4v) is 5.37. The molecule has 1 saturated carbocycles. The van der Waals surface area contributed by atoms with Crippen LogP contribution in [0.4, 0.5) is 5.69 Å². The number of nitrogens with one attached hydrogen (secondary N) is 1. The van der Waals surface area contributed by atoms with Gasteiger partial charge in [-0.3, -0.25) is 14.9 Å². The van der Waals surface area contributed by atoms with Gasteiger partial charge in [0.05, 0.1) is 24.6 Å². The molecule has 1 saturated heterocycles. The number of aromatic amines is 1. The van der Waals surface area contributed by atoms with Gasteiger partial charge in [-0.2, -0.15) is 4.52 Å². The van der Waals surface area contributed by atoms with E-state index in [9.17, 15) is 4.79 Å². The average Bonchev–Trinajstić information content (AvgIpc) is 3.17. The molecule has 0 radical (unpaired) electrons. The Labute approximate surface area is 196 Å². The summed E-state index contributed by atoms with van der Waals surface area (Å²) in [4.78, 5) is 24.0. The first kappa shape index (κ1) is 20.4. The molecule has 0 unspecified atom stereocenters. The number of nitrogens with zero attached hydrogens (tertiary/aromatic N) is 4. The van der Waals surface area contributed by atoms with Crippen molar-refractivity contribution < 1.29 is 4.74 Å². The third kappa shape index (κ3) is 3.34. The number of ether oxygens (including phenoxy) is 1. The first-order valence-corrected chi connectivity index (χ1v) is 11.7. The van der Waals surface area contributed by atoms with Gasteiger partial charge in [-0.05, 0) is 42.7 Å². The van der Waals surface area contributed by atoms with Gasteiger partial charge in [-0.25, -0.2) is 4.98 Å². The van der Waals surface area contributed by atoms with Gasteiger partial charge in [0.25, 0.3) is 5.56 Å².